The number of nitrogens with one attached hydrogen (secondary N) is 2. The fraction of sp³-hybridized carbons (Fsp3) is 0.0833. The van der Waals surface area contributed by atoms with Crippen LogP contribution in [0.1, 0.15) is 5.56 Å². The van der Waals surface area contributed by atoms with Crippen LogP contribution in [0.15, 0.2) is 33.4 Å². The Kier molecular flexibility index (Phi) is 4.57. The molecule has 3 N–H and O–H groups in total. The fourth-order valence-corrected chi connectivity index (χ4v) is 3.11. The van der Waals surface area contributed by atoms with Crippen LogP contribution in [-0.2, 0) is 4.79 Å². The van der Waals surface area contributed by atoms with Crippen LogP contribution < -0.4 is 11.0 Å². The van der Waals surface area contributed by atoms with Gasteiger partial charge in [-0.3, -0.25) is 14.8 Å². The van der Waals surface area contributed by atoms with E-state index in [1.54, 1.807) is 0 Å². The molecule has 2 rings (SSSR count). The topological polar surface area (TPSA) is 106 Å². The van der Waals surface area contributed by atoms with E-state index in [1.165, 1.54) is 22.9 Å². The van der Waals surface area contributed by atoms with E-state index in [9.17, 15) is 14.9 Å². The molecule has 20 heavy (non-hydrogen) atoms. The number of thioether (sulfide) groups is 1. The number of nitrogens with zero attached hydrogens (tertiary/aromatic N) is 1. The molecule has 2 aromatic heterocycles. The van der Waals surface area contributed by atoms with Gasteiger partial charge in [0, 0.05) is 16.5 Å². The Hall–Kier alpha value is -2.08. The third-order valence-corrected chi connectivity index (χ3v) is 4.28. The van der Waals surface area contributed by atoms with Gasteiger partial charge in [-0.2, -0.15) is 5.26 Å². The third-order valence-electron chi connectivity index (χ3n) is 2.38. The highest BCUT2D eigenvalue weighted by Gasteiger charge is 2.14. The maximum absolute atomic E-state index is 11.7. The van der Waals surface area contributed by atoms with E-state index in [-0.39, 0.29) is 11.3 Å². The van der Waals surface area contributed by atoms with E-state index in [4.69, 9.17) is 5.21 Å². The number of aromatic nitrogens is 1. The first-order valence-electron chi connectivity index (χ1n) is 5.42. The molecule has 0 saturated carbocycles. The lowest BCUT2D eigenvalue weighted by Crippen LogP contribution is -2.21. The van der Waals surface area contributed by atoms with Gasteiger partial charge in [-0.1, -0.05) is 17.8 Å². The Morgan fingerprint density at radius 3 is 3.00 bits per heavy atom. The second-order valence-corrected chi connectivity index (χ2v) is 5.60. The first-order valence-corrected chi connectivity index (χ1v) is 7.29. The molecule has 0 bridgehead atoms. The Balaban J connectivity index is 2.45. The Morgan fingerprint density at radius 2 is 2.40 bits per heavy atom. The maximum atomic E-state index is 11.7. The minimum absolute atomic E-state index is 0.102. The van der Waals surface area contributed by atoms with Crippen LogP contribution in [-0.4, -0.2) is 21.9 Å². The van der Waals surface area contributed by atoms with Gasteiger partial charge >= 0.3 is 0 Å². The van der Waals surface area contributed by atoms with Crippen molar-refractivity contribution in [3.8, 4) is 16.5 Å². The van der Waals surface area contributed by atoms with Gasteiger partial charge in [0.1, 0.15) is 6.07 Å². The lowest BCUT2D eigenvalue weighted by atomic mass is 10.1. The number of thiophene rings is 1. The van der Waals surface area contributed by atoms with Crippen LogP contribution in [0.3, 0.4) is 0 Å². The monoisotopic (exact) mass is 307 g/mol. The zero-order valence-electron chi connectivity index (χ0n) is 10.0. The van der Waals surface area contributed by atoms with E-state index in [2.05, 4.69) is 4.98 Å². The van der Waals surface area contributed by atoms with Gasteiger partial charge in [-0.15, -0.1) is 11.3 Å². The second kappa shape index (κ2) is 6.38. The van der Waals surface area contributed by atoms with Crippen molar-refractivity contribution >= 4 is 29.0 Å². The SMILES string of the molecule is N#Cc1c(-c2cccs2)cc(=O)[nH]c1SCC(=O)NO. The van der Waals surface area contributed by atoms with Gasteiger partial charge in [0.2, 0.25) is 5.56 Å². The molecule has 0 fully saturated rings. The summed E-state index contributed by atoms with van der Waals surface area (Å²) in [5, 5.41) is 19.9. The van der Waals surface area contributed by atoms with E-state index in [0.29, 0.717) is 16.2 Å². The minimum atomic E-state index is -0.610. The van der Waals surface area contributed by atoms with Gasteiger partial charge < -0.3 is 4.98 Å². The van der Waals surface area contributed by atoms with Crippen LogP contribution in [0.2, 0.25) is 0 Å². The molecule has 0 spiro atoms. The minimum Gasteiger partial charge on any atom is -0.316 e. The molecule has 0 atom stereocenters. The summed E-state index contributed by atoms with van der Waals surface area (Å²) in [6, 6.07) is 7.05. The molecule has 6 nitrogen and oxygen atoms in total. The van der Waals surface area contributed by atoms with Crippen LogP contribution in [0.5, 0.6) is 0 Å². The molecule has 0 aliphatic rings. The predicted octanol–water partition coefficient (Wildman–Crippen LogP) is 1.57. The zero-order valence-corrected chi connectivity index (χ0v) is 11.7. The van der Waals surface area contributed by atoms with E-state index in [1.807, 2.05) is 23.6 Å². The normalized spacial score (nSPS) is 10.0. The number of H-pyrrole nitrogens is 1. The first kappa shape index (κ1) is 14.3. The van der Waals surface area contributed by atoms with Gasteiger partial charge in [0.15, 0.2) is 0 Å². The van der Waals surface area contributed by atoms with Crippen molar-refractivity contribution in [1.29, 1.82) is 5.26 Å². The number of nitriles is 1. The molecule has 102 valence electrons. The van der Waals surface area contributed by atoms with Crippen molar-refractivity contribution in [1.82, 2.24) is 10.5 Å². The Morgan fingerprint density at radius 1 is 1.60 bits per heavy atom. The number of hydrogen-bond donors (Lipinski definition) is 3. The van der Waals surface area contributed by atoms with Crippen molar-refractivity contribution in [3.63, 3.8) is 0 Å². The van der Waals surface area contributed by atoms with E-state index < -0.39 is 5.91 Å². The summed E-state index contributed by atoms with van der Waals surface area (Å²) in [6.45, 7) is 0. The molecule has 0 aliphatic heterocycles. The highest BCUT2D eigenvalue weighted by Crippen LogP contribution is 2.31. The van der Waals surface area contributed by atoms with Crippen molar-refractivity contribution in [3.05, 3.63) is 39.5 Å². The van der Waals surface area contributed by atoms with Gasteiger partial charge in [-0.25, -0.2) is 5.48 Å². The summed E-state index contributed by atoms with van der Waals surface area (Å²) in [6.07, 6.45) is 0. The van der Waals surface area contributed by atoms with Crippen LogP contribution in [0, 0.1) is 11.3 Å². The number of hydrogen-bond acceptors (Lipinski definition) is 6. The number of rotatable bonds is 4. The Bertz CT molecular complexity index is 717. The molecule has 1 amide bonds. The lowest BCUT2D eigenvalue weighted by Gasteiger charge is -2.07. The molecular formula is C12H9N3O3S2. The molecule has 8 heteroatoms. The average molecular weight is 307 g/mol. The number of amides is 1. The smallest absolute Gasteiger partial charge is 0.253 e. The molecule has 0 aliphatic carbocycles. The van der Waals surface area contributed by atoms with Gasteiger partial charge in [0.25, 0.3) is 5.91 Å². The highest BCUT2D eigenvalue weighted by molar-refractivity contribution is 8.00. The molecular weight excluding hydrogens is 298 g/mol. The van der Waals surface area contributed by atoms with Crippen LogP contribution in [0.4, 0.5) is 0 Å². The number of carbonyl (C=O) groups excluding carboxylic acids is 1. The van der Waals surface area contributed by atoms with Gasteiger partial charge in [0.05, 0.1) is 16.3 Å². The number of hydroxylamine groups is 1. The quantitative estimate of drug-likeness (QED) is 0.451. The average Bonchev–Trinajstić information content (AvgIpc) is 2.98. The van der Waals surface area contributed by atoms with Crippen LogP contribution in [0.25, 0.3) is 10.4 Å². The molecule has 0 unspecified atom stereocenters. The molecule has 2 aromatic rings. The van der Waals surface area contributed by atoms with Crippen molar-refractivity contribution in [2.75, 3.05) is 5.75 Å². The molecule has 2 heterocycles. The summed E-state index contributed by atoms with van der Waals surface area (Å²) in [5.41, 5.74) is 2.00. The number of pyridine rings is 1. The third kappa shape index (κ3) is 3.08. The standard InChI is InChI=1S/C12H9N3O3S2/c13-5-8-7(9-2-1-3-19-9)4-10(16)14-12(8)20-6-11(17)15-18/h1-4,18H,6H2,(H,14,16)(H,15,17). The zero-order chi connectivity index (χ0) is 14.5. The molecule has 0 radical (unpaired) electrons. The Labute approximate surface area is 122 Å². The summed E-state index contributed by atoms with van der Waals surface area (Å²) in [4.78, 5) is 26.0. The second-order valence-electron chi connectivity index (χ2n) is 3.66. The predicted molar refractivity (Wildman–Crippen MR) is 75.7 cm³/mol. The summed E-state index contributed by atoms with van der Waals surface area (Å²) in [5.74, 6) is -0.712. The van der Waals surface area contributed by atoms with E-state index >= 15 is 0 Å². The van der Waals surface area contributed by atoms with Crippen molar-refractivity contribution in [2.24, 2.45) is 0 Å². The molecule has 0 aromatic carbocycles. The van der Waals surface area contributed by atoms with E-state index in [0.717, 1.165) is 16.6 Å². The highest BCUT2D eigenvalue weighted by atomic mass is 32.2. The van der Waals surface area contributed by atoms with Crippen LogP contribution >= 0.6 is 23.1 Å². The molecule has 0 saturated heterocycles. The fourth-order valence-electron chi connectivity index (χ4n) is 1.55. The number of aromatic amines is 1. The summed E-state index contributed by atoms with van der Waals surface area (Å²) >= 11 is 2.40. The van der Waals surface area contributed by atoms with Crippen molar-refractivity contribution in [2.45, 2.75) is 5.03 Å². The largest absolute Gasteiger partial charge is 0.316 e. The summed E-state index contributed by atoms with van der Waals surface area (Å²) in [7, 11) is 0. The number of carbonyl (C=O) groups is 1. The first-order chi connectivity index (χ1) is 9.65. The lowest BCUT2D eigenvalue weighted by molar-refractivity contribution is -0.126. The maximum Gasteiger partial charge on any atom is 0.253 e. The van der Waals surface area contributed by atoms with Crippen molar-refractivity contribution < 1.29 is 10.0 Å². The van der Waals surface area contributed by atoms with Gasteiger partial charge in [-0.05, 0) is 11.4 Å². The summed E-state index contributed by atoms with van der Waals surface area (Å²) < 4.78 is 0.